The minimum atomic E-state index is -1.18. The smallest absolute Gasteiger partial charge is 0.332 e. The molecule has 0 bridgehead atoms. The highest BCUT2D eigenvalue weighted by atomic mass is 32.2. The van der Waals surface area contributed by atoms with E-state index in [1.165, 1.54) is 18.0 Å². The van der Waals surface area contributed by atoms with Crippen LogP contribution in [0.5, 0.6) is 11.5 Å². The molecule has 0 saturated carbocycles. The van der Waals surface area contributed by atoms with E-state index < -0.39 is 11.5 Å². The van der Waals surface area contributed by atoms with Gasteiger partial charge in [-0.3, -0.25) is 4.99 Å². The van der Waals surface area contributed by atoms with E-state index in [0.29, 0.717) is 16.5 Å². The number of aromatic hydroxyl groups is 1. The molecule has 0 spiro atoms. The number of carbonyl (C=O) groups is 1. The lowest BCUT2D eigenvalue weighted by Crippen LogP contribution is -2.33. The normalized spacial score (nSPS) is 21.9. The summed E-state index contributed by atoms with van der Waals surface area (Å²) in [6.45, 7) is 5.24. The summed E-state index contributed by atoms with van der Waals surface area (Å²) in [5.41, 5.74) is -0.915. The second-order valence-corrected chi connectivity index (χ2v) is 5.92. The summed E-state index contributed by atoms with van der Waals surface area (Å²) in [6, 6.07) is 1.56. The summed E-state index contributed by atoms with van der Waals surface area (Å²) in [6.07, 6.45) is 1.42. The van der Waals surface area contributed by atoms with Gasteiger partial charge in [0.2, 0.25) is 0 Å². The zero-order chi connectivity index (χ0) is 14.9. The third kappa shape index (κ3) is 2.72. The van der Waals surface area contributed by atoms with Gasteiger partial charge in [-0.2, -0.15) is 0 Å². The van der Waals surface area contributed by atoms with Crippen LogP contribution in [0.15, 0.2) is 17.3 Å². The molecular weight excluding hydrogens is 280 g/mol. The summed E-state index contributed by atoms with van der Waals surface area (Å²) >= 11 is 1.26. The largest absolute Gasteiger partial charge is 0.503 e. The maximum absolute atomic E-state index is 11.2. The number of pyridine rings is 1. The van der Waals surface area contributed by atoms with E-state index in [1.807, 2.05) is 13.8 Å². The minimum Gasteiger partial charge on any atom is -0.503 e. The van der Waals surface area contributed by atoms with Gasteiger partial charge in [-0.25, -0.2) is 9.78 Å². The molecule has 1 aromatic rings. The molecule has 2 heterocycles. The number of carboxylic acid groups (broad SMARTS) is 1. The predicted octanol–water partition coefficient (Wildman–Crippen LogP) is 1.91. The Labute approximate surface area is 120 Å². The molecule has 0 aromatic carbocycles. The molecule has 2 rings (SSSR count). The Hall–Kier alpha value is -1.76. The third-order valence-corrected chi connectivity index (χ3v) is 4.02. The first-order valence-corrected chi connectivity index (χ1v) is 7.13. The van der Waals surface area contributed by atoms with E-state index in [1.54, 1.807) is 13.0 Å². The van der Waals surface area contributed by atoms with Crippen molar-refractivity contribution >= 4 is 22.8 Å². The summed E-state index contributed by atoms with van der Waals surface area (Å²) in [5.74, 6) is -0.470. The first-order chi connectivity index (χ1) is 9.33. The van der Waals surface area contributed by atoms with Gasteiger partial charge in [0.1, 0.15) is 10.7 Å². The molecule has 7 heteroatoms. The quantitative estimate of drug-likeness (QED) is 0.881. The molecule has 1 aromatic heterocycles. The fraction of sp³-hybridized carbons (Fsp3) is 0.462. The number of aromatic nitrogens is 1. The molecule has 20 heavy (non-hydrogen) atoms. The number of carboxylic acids is 1. The maximum atomic E-state index is 11.2. The Morgan fingerprint density at radius 1 is 1.55 bits per heavy atom. The molecule has 1 aliphatic heterocycles. The highest BCUT2D eigenvalue weighted by Crippen LogP contribution is 2.36. The predicted molar refractivity (Wildman–Crippen MR) is 76.7 cm³/mol. The standard InChI is InChI=1S/C13H16N2O4S/c1-7(2)19-8-4-5-14-9(10(8)16)11-15-13(3,6-20-11)12(17)18/h4-5,7,16H,6H2,1-3H3,(H,17,18)/t13-/m1/s1. The van der Waals surface area contributed by atoms with Crippen LogP contribution in [-0.2, 0) is 4.79 Å². The summed E-state index contributed by atoms with van der Waals surface area (Å²) < 4.78 is 5.47. The molecule has 0 amide bonds. The van der Waals surface area contributed by atoms with Crippen molar-refractivity contribution in [2.24, 2.45) is 4.99 Å². The van der Waals surface area contributed by atoms with E-state index in [-0.39, 0.29) is 17.5 Å². The first kappa shape index (κ1) is 14.6. The Kier molecular flexibility index (Phi) is 3.89. The Balaban J connectivity index is 2.38. The molecule has 0 radical (unpaired) electrons. The highest BCUT2D eigenvalue weighted by Gasteiger charge is 2.39. The zero-order valence-corrected chi connectivity index (χ0v) is 12.3. The van der Waals surface area contributed by atoms with Crippen molar-refractivity contribution in [3.63, 3.8) is 0 Å². The fourth-order valence-electron chi connectivity index (χ4n) is 1.67. The van der Waals surface area contributed by atoms with Gasteiger partial charge in [-0.15, -0.1) is 11.8 Å². The SMILES string of the molecule is CC(C)Oc1ccnc(C2=N[C@@](C)(C(=O)O)CS2)c1O. The average molecular weight is 296 g/mol. The topological polar surface area (TPSA) is 92.0 Å². The number of rotatable bonds is 4. The van der Waals surface area contributed by atoms with Crippen LogP contribution in [0.4, 0.5) is 0 Å². The van der Waals surface area contributed by atoms with Gasteiger partial charge >= 0.3 is 5.97 Å². The van der Waals surface area contributed by atoms with Crippen molar-refractivity contribution in [1.29, 1.82) is 0 Å². The van der Waals surface area contributed by atoms with E-state index in [9.17, 15) is 9.90 Å². The molecule has 0 aliphatic carbocycles. The number of thioether (sulfide) groups is 1. The van der Waals surface area contributed by atoms with Crippen molar-refractivity contribution < 1.29 is 19.7 Å². The van der Waals surface area contributed by atoms with E-state index in [2.05, 4.69) is 9.98 Å². The number of hydrogen-bond acceptors (Lipinski definition) is 6. The molecule has 1 aliphatic rings. The Bertz CT molecular complexity index is 573. The average Bonchev–Trinajstić information content (AvgIpc) is 2.75. The molecule has 108 valence electrons. The second-order valence-electron chi connectivity index (χ2n) is 4.96. The fourth-order valence-corrected chi connectivity index (χ4v) is 2.83. The van der Waals surface area contributed by atoms with Gasteiger partial charge in [-0.1, -0.05) is 0 Å². The monoisotopic (exact) mass is 296 g/mol. The van der Waals surface area contributed by atoms with Gasteiger partial charge < -0.3 is 14.9 Å². The highest BCUT2D eigenvalue weighted by molar-refractivity contribution is 8.14. The van der Waals surface area contributed by atoms with Crippen molar-refractivity contribution in [2.75, 3.05) is 5.75 Å². The Morgan fingerprint density at radius 2 is 2.25 bits per heavy atom. The van der Waals surface area contributed by atoms with Crippen LogP contribution in [0.1, 0.15) is 26.5 Å². The lowest BCUT2D eigenvalue weighted by molar-refractivity contribution is -0.141. The summed E-state index contributed by atoms with van der Waals surface area (Å²) in [4.78, 5) is 19.4. The van der Waals surface area contributed by atoms with Gasteiger partial charge in [0.05, 0.1) is 6.10 Å². The first-order valence-electron chi connectivity index (χ1n) is 6.14. The lowest BCUT2D eigenvalue weighted by atomic mass is 10.1. The van der Waals surface area contributed by atoms with Crippen LogP contribution >= 0.6 is 11.8 Å². The molecule has 1 atom stereocenters. The van der Waals surface area contributed by atoms with E-state index >= 15 is 0 Å². The molecule has 0 fully saturated rings. The number of hydrogen-bond donors (Lipinski definition) is 2. The lowest BCUT2D eigenvalue weighted by Gasteiger charge is -2.13. The molecule has 0 saturated heterocycles. The van der Waals surface area contributed by atoms with Crippen LogP contribution < -0.4 is 4.74 Å². The molecular formula is C13H16N2O4S. The number of ether oxygens (including phenoxy) is 1. The minimum absolute atomic E-state index is 0.0846. The van der Waals surface area contributed by atoms with Crippen LogP contribution in [0.3, 0.4) is 0 Å². The molecule has 6 nitrogen and oxygen atoms in total. The molecule has 2 N–H and O–H groups in total. The van der Waals surface area contributed by atoms with Crippen molar-refractivity contribution in [2.45, 2.75) is 32.4 Å². The van der Waals surface area contributed by atoms with Crippen LogP contribution in [-0.4, -0.2) is 43.6 Å². The number of aliphatic carboxylic acids is 1. The van der Waals surface area contributed by atoms with Gasteiger partial charge in [-0.05, 0) is 20.8 Å². The zero-order valence-electron chi connectivity index (χ0n) is 11.5. The van der Waals surface area contributed by atoms with E-state index in [4.69, 9.17) is 9.84 Å². The van der Waals surface area contributed by atoms with Gasteiger partial charge in [0.25, 0.3) is 0 Å². The van der Waals surface area contributed by atoms with Crippen LogP contribution in [0.2, 0.25) is 0 Å². The summed E-state index contributed by atoms with van der Waals surface area (Å²) in [7, 11) is 0. The van der Waals surface area contributed by atoms with Crippen LogP contribution in [0.25, 0.3) is 0 Å². The molecule has 0 unspecified atom stereocenters. The maximum Gasteiger partial charge on any atom is 0.332 e. The van der Waals surface area contributed by atoms with Crippen molar-refractivity contribution in [1.82, 2.24) is 4.98 Å². The summed E-state index contributed by atoms with van der Waals surface area (Å²) in [5, 5.41) is 19.7. The van der Waals surface area contributed by atoms with Gasteiger partial charge in [0, 0.05) is 18.0 Å². The van der Waals surface area contributed by atoms with Gasteiger partial charge in [0.15, 0.2) is 17.0 Å². The van der Waals surface area contributed by atoms with Crippen molar-refractivity contribution in [3.8, 4) is 11.5 Å². The third-order valence-electron chi connectivity index (χ3n) is 2.75. The second kappa shape index (κ2) is 5.32. The van der Waals surface area contributed by atoms with Crippen molar-refractivity contribution in [3.05, 3.63) is 18.0 Å². The number of nitrogens with zero attached hydrogens (tertiary/aromatic N) is 2. The number of aliphatic imine (C=N–C) groups is 1. The van der Waals surface area contributed by atoms with Crippen LogP contribution in [0, 0.1) is 0 Å². The Morgan fingerprint density at radius 3 is 2.80 bits per heavy atom. The van der Waals surface area contributed by atoms with E-state index in [0.717, 1.165) is 0 Å².